The Hall–Kier alpha value is -2.56. The minimum Gasteiger partial charge on any atom is -0.498 e. The molecule has 1 aliphatic heterocycles. The molecule has 1 aliphatic rings. The highest BCUT2D eigenvalue weighted by molar-refractivity contribution is 5.48. The summed E-state index contributed by atoms with van der Waals surface area (Å²) in [5, 5.41) is 19.7. The summed E-state index contributed by atoms with van der Waals surface area (Å²) >= 11 is 0. The first-order valence-electron chi connectivity index (χ1n) is 13.0. The number of aliphatic hydroxyl groups excluding tert-OH is 1. The Labute approximate surface area is 211 Å². The van der Waals surface area contributed by atoms with E-state index in [9.17, 15) is 10.2 Å². The molecule has 4 heteroatoms. The van der Waals surface area contributed by atoms with Crippen LogP contribution >= 0.6 is 0 Å². The molecule has 4 nitrogen and oxygen atoms in total. The van der Waals surface area contributed by atoms with E-state index >= 15 is 0 Å². The van der Waals surface area contributed by atoms with Gasteiger partial charge in [0.25, 0.3) is 0 Å². The first kappa shape index (κ1) is 27.0. The zero-order chi connectivity index (χ0) is 25.3. The fraction of sp³-hybridized carbons (Fsp3) is 0.484. The van der Waals surface area contributed by atoms with E-state index in [0.29, 0.717) is 5.92 Å². The summed E-state index contributed by atoms with van der Waals surface area (Å²) in [6.07, 6.45) is 8.20. The monoisotopic (exact) mass is 478 g/mol. The predicted octanol–water partition coefficient (Wildman–Crippen LogP) is 7.65. The molecule has 0 bridgehead atoms. The van der Waals surface area contributed by atoms with Crippen molar-refractivity contribution in [1.82, 2.24) is 0 Å². The number of aliphatic hydroxyl groups is 2. The van der Waals surface area contributed by atoms with Gasteiger partial charge in [-0.15, -0.1) is 0 Å². The van der Waals surface area contributed by atoms with Crippen molar-refractivity contribution in [2.24, 2.45) is 11.3 Å². The number of hydrogen-bond acceptors (Lipinski definition) is 4. The Kier molecular flexibility index (Phi) is 10.00. The first-order chi connectivity index (χ1) is 16.8. The molecule has 190 valence electrons. The van der Waals surface area contributed by atoms with E-state index in [1.54, 1.807) is 0 Å². The zero-order valence-corrected chi connectivity index (χ0v) is 21.6. The van der Waals surface area contributed by atoms with Crippen molar-refractivity contribution < 1.29 is 19.7 Å². The average Bonchev–Trinajstić information content (AvgIpc) is 3.02. The molecule has 2 unspecified atom stereocenters. The second-order valence-electron chi connectivity index (χ2n) is 10.2. The Balaban J connectivity index is 1.48. The molecule has 0 amide bonds. The topological polar surface area (TPSA) is 58.9 Å². The van der Waals surface area contributed by atoms with Crippen molar-refractivity contribution in [1.29, 1.82) is 0 Å². The highest BCUT2D eigenvalue weighted by Gasteiger charge is 2.30. The molecule has 0 aliphatic carbocycles. The van der Waals surface area contributed by atoms with Crippen LogP contribution < -0.4 is 4.74 Å². The van der Waals surface area contributed by atoms with Crippen LogP contribution in [0.4, 0.5) is 0 Å². The van der Waals surface area contributed by atoms with Crippen LogP contribution in [0.25, 0.3) is 6.08 Å². The van der Waals surface area contributed by atoms with Gasteiger partial charge in [0.15, 0.2) is 6.29 Å². The van der Waals surface area contributed by atoms with Crippen LogP contribution in [0, 0.1) is 11.3 Å². The Morgan fingerprint density at radius 2 is 1.74 bits per heavy atom. The second-order valence-corrected chi connectivity index (χ2v) is 10.2. The molecule has 0 aromatic heterocycles. The number of rotatable bonds is 12. The third kappa shape index (κ3) is 7.98. The first-order valence-corrected chi connectivity index (χ1v) is 13.0. The van der Waals surface area contributed by atoms with Gasteiger partial charge in [0.1, 0.15) is 11.5 Å². The lowest BCUT2D eigenvalue weighted by Crippen LogP contribution is -2.32. The Morgan fingerprint density at radius 3 is 2.34 bits per heavy atom. The van der Waals surface area contributed by atoms with Crippen LogP contribution in [0.3, 0.4) is 0 Å². The molecule has 2 aromatic carbocycles. The number of hydrogen-bond donors (Lipinski definition) is 2. The number of benzene rings is 2. The minimum atomic E-state index is -1.26. The Bertz CT molecular complexity index is 958. The maximum Gasteiger partial charge on any atom is 0.156 e. The molecular formula is C31H42O4. The number of allylic oxidation sites excluding steroid dienone is 2. The summed E-state index contributed by atoms with van der Waals surface area (Å²) in [6.45, 7) is 10.7. The van der Waals surface area contributed by atoms with Gasteiger partial charge in [0.2, 0.25) is 0 Å². The van der Waals surface area contributed by atoms with Crippen molar-refractivity contribution in [3.8, 4) is 11.5 Å². The lowest BCUT2D eigenvalue weighted by Gasteiger charge is -2.31. The molecule has 3 rings (SSSR count). The maximum absolute atomic E-state index is 9.83. The maximum atomic E-state index is 9.83. The summed E-state index contributed by atoms with van der Waals surface area (Å²) < 4.78 is 12.1. The zero-order valence-electron chi connectivity index (χ0n) is 21.6. The lowest BCUT2D eigenvalue weighted by molar-refractivity contribution is -0.135. The van der Waals surface area contributed by atoms with E-state index in [1.165, 1.54) is 11.1 Å². The lowest BCUT2D eigenvalue weighted by atomic mass is 9.79. The largest absolute Gasteiger partial charge is 0.498 e. The average molecular weight is 479 g/mol. The summed E-state index contributed by atoms with van der Waals surface area (Å²) in [5.74, 6) is 3.18. The van der Waals surface area contributed by atoms with Gasteiger partial charge in [-0.05, 0) is 98.8 Å². The van der Waals surface area contributed by atoms with E-state index in [0.717, 1.165) is 80.8 Å². The normalized spacial score (nSPS) is 18.1. The van der Waals surface area contributed by atoms with Crippen molar-refractivity contribution in [2.75, 3.05) is 6.61 Å². The van der Waals surface area contributed by atoms with Crippen LogP contribution in [-0.2, 0) is 11.2 Å². The molecule has 0 radical (unpaired) electrons. The molecule has 1 heterocycles. The fourth-order valence-electron chi connectivity index (χ4n) is 4.94. The van der Waals surface area contributed by atoms with Gasteiger partial charge in [-0.25, -0.2) is 0 Å². The summed E-state index contributed by atoms with van der Waals surface area (Å²) in [7, 11) is 0. The quantitative estimate of drug-likeness (QED) is 0.308. The Morgan fingerprint density at radius 1 is 1.09 bits per heavy atom. The highest BCUT2D eigenvalue weighted by Crippen LogP contribution is 2.35. The smallest absolute Gasteiger partial charge is 0.156 e. The van der Waals surface area contributed by atoms with Gasteiger partial charge in [-0.2, -0.15) is 0 Å². The summed E-state index contributed by atoms with van der Waals surface area (Å²) in [5.41, 5.74) is 3.32. The fourth-order valence-corrected chi connectivity index (χ4v) is 4.94. The molecule has 35 heavy (non-hydrogen) atoms. The van der Waals surface area contributed by atoms with Gasteiger partial charge >= 0.3 is 0 Å². The molecule has 2 atom stereocenters. The molecule has 0 saturated carbocycles. The molecule has 0 fully saturated rings. The van der Waals surface area contributed by atoms with E-state index in [2.05, 4.69) is 32.6 Å². The van der Waals surface area contributed by atoms with Crippen molar-refractivity contribution >= 4 is 6.08 Å². The van der Waals surface area contributed by atoms with Gasteiger partial charge in [-0.3, -0.25) is 0 Å². The van der Waals surface area contributed by atoms with E-state index in [1.807, 2.05) is 49.4 Å². The highest BCUT2D eigenvalue weighted by atomic mass is 16.5. The van der Waals surface area contributed by atoms with Gasteiger partial charge in [0, 0.05) is 5.41 Å². The predicted molar refractivity (Wildman–Crippen MR) is 143 cm³/mol. The minimum absolute atomic E-state index is 0.428. The van der Waals surface area contributed by atoms with Crippen molar-refractivity contribution in [2.45, 2.75) is 78.4 Å². The van der Waals surface area contributed by atoms with Crippen LogP contribution in [0.5, 0.6) is 11.5 Å². The van der Waals surface area contributed by atoms with E-state index in [-0.39, 0.29) is 0 Å². The third-order valence-corrected chi connectivity index (χ3v) is 7.36. The van der Waals surface area contributed by atoms with Crippen LogP contribution in [-0.4, -0.2) is 23.1 Å². The summed E-state index contributed by atoms with van der Waals surface area (Å²) in [4.78, 5) is 0. The van der Waals surface area contributed by atoms with Crippen LogP contribution in [0.15, 0.2) is 66.4 Å². The molecular weight excluding hydrogens is 436 g/mol. The third-order valence-electron chi connectivity index (χ3n) is 7.36. The SMILES string of the molecule is C=Cc1ccc(Oc2ccc(CC3CCC(CCCC(C)(CCC)C(O)O)=C(C)OC3)cc2)cc1. The van der Waals surface area contributed by atoms with Gasteiger partial charge in [-0.1, -0.05) is 57.2 Å². The van der Waals surface area contributed by atoms with Crippen molar-refractivity contribution in [3.63, 3.8) is 0 Å². The second kappa shape index (κ2) is 12.9. The van der Waals surface area contributed by atoms with E-state index < -0.39 is 11.7 Å². The van der Waals surface area contributed by atoms with Crippen molar-refractivity contribution in [3.05, 3.63) is 77.6 Å². The van der Waals surface area contributed by atoms with Gasteiger partial charge < -0.3 is 19.7 Å². The molecule has 0 saturated heterocycles. The molecule has 2 N–H and O–H groups in total. The van der Waals surface area contributed by atoms with E-state index in [4.69, 9.17) is 9.47 Å². The van der Waals surface area contributed by atoms with Gasteiger partial charge in [0.05, 0.1) is 12.4 Å². The van der Waals surface area contributed by atoms with Crippen LogP contribution in [0.2, 0.25) is 0 Å². The summed E-state index contributed by atoms with van der Waals surface area (Å²) in [6, 6.07) is 16.3. The number of ether oxygens (including phenoxy) is 2. The standard InChI is InChI=1S/C31H42O4/c1-5-19-31(4,30(32)33)20-7-8-27-14-9-26(22-34-23(27)3)21-25-12-17-29(18-13-25)35-28-15-10-24(6-2)11-16-28/h6,10-13,15-18,26,30,32-33H,2,5,7-9,14,19-22H2,1,3-4H3. The van der Waals surface area contributed by atoms with Crippen LogP contribution in [0.1, 0.15) is 76.8 Å². The molecule has 0 spiro atoms. The molecule has 2 aromatic rings.